The van der Waals surface area contributed by atoms with Crippen molar-refractivity contribution in [2.75, 3.05) is 0 Å². The van der Waals surface area contributed by atoms with Gasteiger partial charge in [0, 0.05) is 6.20 Å². The molecule has 1 aromatic rings. The Hall–Kier alpha value is -1.45. The van der Waals surface area contributed by atoms with E-state index in [4.69, 9.17) is 4.74 Å². The fraction of sp³-hybridized carbons (Fsp3) is 0.375. The third-order valence-electron chi connectivity index (χ3n) is 1.27. The van der Waals surface area contributed by atoms with Crippen LogP contribution in [0, 0.1) is 0 Å². The molecule has 0 saturated carbocycles. The van der Waals surface area contributed by atoms with E-state index in [-0.39, 0.29) is 11.7 Å². The number of rotatable bonds is 2. The zero-order chi connectivity index (χ0) is 9.14. The first-order valence-corrected chi connectivity index (χ1v) is 3.66. The summed E-state index contributed by atoms with van der Waals surface area (Å²) >= 11 is 0. The normalized spacial score (nSPS) is 10.2. The minimum absolute atomic E-state index is 0.0590. The molecular weight excluding hydrogens is 158 g/mol. The molecule has 65 valence electrons. The summed E-state index contributed by atoms with van der Waals surface area (Å²) in [7, 11) is 0. The van der Waals surface area contributed by atoms with Gasteiger partial charge < -0.3 is 9.72 Å². The second-order valence-electron chi connectivity index (χ2n) is 2.67. The molecule has 0 aliphatic carbocycles. The Kier molecular flexibility index (Phi) is 2.38. The summed E-state index contributed by atoms with van der Waals surface area (Å²) in [6.45, 7) is 3.46. The number of esters is 1. The van der Waals surface area contributed by atoms with E-state index in [1.54, 1.807) is 13.8 Å². The van der Waals surface area contributed by atoms with E-state index < -0.39 is 11.8 Å². The van der Waals surface area contributed by atoms with Crippen molar-refractivity contribution < 1.29 is 14.6 Å². The van der Waals surface area contributed by atoms with Crippen molar-refractivity contribution in [2.45, 2.75) is 20.0 Å². The van der Waals surface area contributed by atoms with Gasteiger partial charge in [-0.25, -0.2) is 4.79 Å². The molecular formula is C8H10NO3. The standard InChI is InChI=1S/C8H10NO3/c1-5(2)12-8(11)6-3-4-9-7(6)10/h3-5,9H,1-2H3. The molecule has 1 radical (unpaired) electrons. The predicted octanol–water partition coefficient (Wildman–Crippen LogP) is 1.72. The molecule has 0 fully saturated rings. The van der Waals surface area contributed by atoms with E-state index in [0.717, 1.165) is 0 Å². The van der Waals surface area contributed by atoms with Crippen LogP contribution in [0.15, 0.2) is 12.3 Å². The van der Waals surface area contributed by atoms with Crippen LogP contribution in [-0.2, 0) is 9.84 Å². The van der Waals surface area contributed by atoms with Crippen LogP contribution in [0.2, 0.25) is 0 Å². The monoisotopic (exact) mass is 168 g/mol. The summed E-state index contributed by atoms with van der Waals surface area (Å²) in [4.78, 5) is 13.5. The average Bonchev–Trinajstić information content (AvgIpc) is 2.33. The first kappa shape index (κ1) is 8.64. The lowest BCUT2D eigenvalue weighted by Crippen LogP contribution is -2.10. The summed E-state index contributed by atoms with van der Waals surface area (Å²) in [5.74, 6) is -0.975. The van der Waals surface area contributed by atoms with E-state index in [1.807, 2.05) is 0 Å². The maximum absolute atomic E-state index is 11.1. The molecule has 4 heteroatoms. The highest BCUT2D eigenvalue weighted by molar-refractivity contribution is 5.91. The van der Waals surface area contributed by atoms with Crippen LogP contribution in [0.1, 0.15) is 24.2 Å². The molecule has 0 unspecified atom stereocenters. The predicted molar refractivity (Wildman–Crippen MR) is 41.5 cm³/mol. The molecule has 0 spiro atoms. The van der Waals surface area contributed by atoms with Gasteiger partial charge in [0.25, 0.3) is 5.88 Å². The van der Waals surface area contributed by atoms with E-state index in [1.165, 1.54) is 12.3 Å². The van der Waals surface area contributed by atoms with Crippen LogP contribution < -0.4 is 0 Å². The maximum atomic E-state index is 11.1. The molecule has 1 aromatic heterocycles. The summed E-state index contributed by atoms with van der Waals surface area (Å²) < 4.78 is 4.82. The van der Waals surface area contributed by atoms with Gasteiger partial charge in [-0.2, -0.15) is 0 Å². The van der Waals surface area contributed by atoms with Crippen molar-refractivity contribution in [2.24, 2.45) is 0 Å². The number of ether oxygens (including phenoxy) is 1. The molecule has 12 heavy (non-hydrogen) atoms. The Labute approximate surface area is 70.2 Å². The van der Waals surface area contributed by atoms with Crippen LogP contribution in [0.25, 0.3) is 0 Å². The van der Waals surface area contributed by atoms with Gasteiger partial charge in [0.15, 0.2) is 0 Å². The smallest absolute Gasteiger partial charge is 0.344 e. The number of carbonyl (C=O) groups excluding carboxylic acids is 1. The lowest BCUT2D eigenvalue weighted by molar-refractivity contribution is 0.0373. The Bertz CT molecular complexity index is 278. The fourth-order valence-corrected chi connectivity index (χ4v) is 0.792. The Morgan fingerprint density at radius 1 is 1.58 bits per heavy atom. The molecule has 0 saturated heterocycles. The van der Waals surface area contributed by atoms with Crippen molar-refractivity contribution in [1.29, 1.82) is 0 Å². The number of hydrogen-bond acceptors (Lipinski definition) is 2. The second-order valence-corrected chi connectivity index (χ2v) is 2.67. The first-order chi connectivity index (χ1) is 5.61. The lowest BCUT2D eigenvalue weighted by atomic mass is 10.3. The van der Waals surface area contributed by atoms with Gasteiger partial charge in [-0.05, 0) is 19.9 Å². The number of nitrogens with one attached hydrogen (secondary N) is 1. The second kappa shape index (κ2) is 3.30. The quantitative estimate of drug-likeness (QED) is 0.683. The highest BCUT2D eigenvalue weighted by atomic mass is 16.5. The Morgan fingerprint density at radius 2 is 2.25 bits per heavy atom. The van der Waals surface area contributed by atoms with Crippen LogP contribution in [0.5, 0.6) is 5.88 Å². The maximum Gasteiger partial charge on any atom is 0.344 e. The van der Waals surface area contributed by atoms with Crippen molar-refractivity contribution in [1.82, 2.24) is 4.98 Å². The Morgan fingerprint density at radius 3 is 2.67 bits per heavy atom. The molecule has 0 bridgehead atoms. The van der Waals surface area contributed by atoms with E-state index in [2.05, 4.69) is 4.98 Å². The van der Waals surface area contributed by atoms with Crippen LogP contribution in [0.4, 0.5) is 0 Å². The number of aromatic amines is 1. The molecule has 0 aliphatic heterocycles. The number of H-pyrrole nitrogens is 1. The van der Waals surface area contributed by atoms with Gasteiger partial charge in [-0.15, -0.1) is 0 Å². The molecule has 4 nitrogen and oxygen atoms in total. The molecule has 1 N–H and O–H groups in total. The highest BCUT2D eigenvalue weighted by Crippen LogP contribution is 2.15. The van der Waals surface area contributed by atoms with E-state index in [9.17, 15) is 9.90 Å². The summed E-state index contributed by atoms with van der Waals surface area (Å²) in [5.41, 5.74) is 0.0590. The lowest BCUT2D eigenvalue weighted by Gasteiger charge is -2.05. The zero-order valence-corrected chi connectivity index (χ0v) is 6.96. The van der Waals surface area contributed by atoms with Gasteiger partial charge in [-0.1, -0.05) is 0 Å². The Balaban J connectivity index is 2.72. The molecule has 0 aromatic carbocycles. The molecule has 0 aliphatic rings. The highest BCUT2D eigenvalue weighted by Gasteiger charge is 2.15. The molecule has 0 amide bonds. The van der Waals surface area contributed by atoms with Gasteiger partial charge >= 0.3 is 5.97 Å². The minimum Gasteiger partial charge on any atom is -0.459 e. The van der Waals surface area contributed by atoms with Gasteiger partial charge in [-0.3, -0.25) is 5.11 Å². The van der Waals surface area contributed by atoms with E-state index >= 15 is 0 Å². The van der Waals surface area contributed by atoms with Crippen LogP contribution >= 0.6 is 0 Å². The fourth-order valence-electron chi connectivity index (χ4n) is 0.792. The van der Waals surface area contributed by atoms with Crippen molar-refractivity contribution >= 4 is 5.97 Å². The minimum atomic E-state index is -0.573. The number of carbonyl (C=O) groups is 1. The zero-order valence-electron chi connectivity index (χ0n) is 6.96. The average molecular weight is 168 g/mol. The summed E-state index contributed by atoms with van der Waals surface area (Å²) in [6, 6.07) is 1.41. The molecule has 1 rings (SSSR count). The van der Waals surface area contributed by atoms with Crippen LogP contribution in [0.3, 0.4) is 0 Å². The third kappa shape index (κ3) is 1.78. The summed E-state index contributed by atoms with van der Waals surface area (Å²) in [5, 5.41) is 10.9. The van der Waals surface area contributed by atoms with E-state index in [0.29, 0.717) is 0 Å². The molecule has 1 heterocycles. The SMILES string of the molecule is CC(C)OC(=O)c1cc[nH]c1[O]. The first-order valence-electron chi connectivity index (χ1n) is 3.66. The van der Waals surface area contributed by atoms with Gasteiger partial charge in [0.05, 0.1) is 6.10 Å². The van der Waals surface area contributed by atoms with Gasteiger partial charge in [0.2, 0.25) is 0 Å². The third-order valence-corrected chi connectivity index (χ3v) is 1.27. The topological polar surface area (TPSA) is 62.0 Å². The number of hydrogen-bond donors (Lipinski definition) is 1. The van der Waals surface area contributed by atoms with Gasteiger partial charge in [0.1, 0.15) is 5.56 Å². The summed E-state index contributed by atoms with van der Waals surface area (Å²) in [6.07, 6.45) is 1.21. The molecule has 0 atom stereocenters. The van der Waals surface area contributed by atoms with Crippen molar-refractivity contribution in [3.8, 4) is 5.88 Å². The van der Waals surface area contributed by atoms with Crippen molar-refractivity contribution in [3.05, 3.63) is 17.8 Å². The van der Waals surface area contributed by atoms with Crippen LogP contribution in [-0.4, -0.2) is 17.1 Å². The van der Waals surface area contributed by atoms with Crippen molar-refractivity contribution in [3.63, 3.8) is 0 Å². The number of aromatic nitrogens is 1. The largest absolute Gasteiger partial charge is 0.459 e.